The number of aryl methyl sites for hydroxylation is 2. The molecule has 1 aromatic heterocycles. The molecule has 0 aliphatic rings. The maximum absolute atomic E-state index is 11.3. The van der Waals surface area contributed by atoms with Crippen LogP contribution in [0.5, 0.6) is 0 Å². The van der Waals surface area contributed by atoms with Crippen LogP contribution < -0.4 is 0 Å². The van der Waals surface area contributed by atoms with Crippen LogP contribution in [0.15, 0.2) is 18.2 Å². The van der Waals surface area contributed by atoms with Gasteiger partial charge in [-0.3, -0.25) is 0 Å². The topological polar surface area (TPSA) is 55.1 Å². The van der Waals surface area contributed by atoms with Gasteiger partial charge in [-0.25, -0.2) is 9.78 Å². The van der Waals surface area contributed by atoms with E-state index in [0.717, 1.165) is 42.7 Å². The van der Waals surface area contributed by atoms with Crippen molar-refractivity contribution in [3.8, 4) is 0 Å². The van der Waals surface area contributed by atoms with Crippen molar-refractivity contribution in [3.63, 3.8) is 0 Å². The predicted molar refractivity (Wildman–Crippen MR) is 71.0 cm³/mol. The van der Waals surface area contributed by atoms with Gasteiger partial charge in [-0.15, -0.1) is 0 Å². The molecule has 0 radical (unpaired) electrons. The number of nitrogens with zero attached hydrogens (tertiary/aromatic N) is 2. The smallest absolute Gasteiger partial charge is 0.337 e. The summed E-state index contributed by atoms with van der Waals surface area (Å²) in [7, 11) is 0. The van der Waals surface area contributed by atoms with Gasteiger partial charge in [0.15, 0.2) is 0 Å². The normalized spacial score (nSPS) is 11.0. The fourth-order valence-electron chi connectivity index (χ4n) is 2.29. The zero-order valence-electron chi connectivity index (χ0n) is 10.8. The SMILES string of the molecule is CCCc1nc2cccc(C(=O)O)c2n1CCC. The molecule has 0 amide bonds. The lowest BCUT2D eigenvalue weighted by Crippen LogP contribution is -2.06. The van der Waals surface area contributed by atoms with Gasteiger partial charge in [0.1, 0.15) is 5.82 Å². The zero-order valence-corrected chi connectivity index (χ0v) is 10.8. The minimum Gasteiger partial charge on any atom is -0.478 e. The Kier molecular flexibility index (Phi) is 3.65. The molecule has 0 aliphatic carbocycles. The molecular weight excluding hydrogens is 228 g/mol. The highest BCUT2D eigenvalue weighted by molar-refractivity contribution is 6.01. The van der Waals surface area contributed by atoms with Gasteiger partial charge in [-0.05, 0) is 25.0 Å². The molecule has 0 atom stereocenters. The van der Waals surface area contributed by atoms with Gasteiger partial charge in [0.05, 0.1) is 16.6 Å². The summed E-state index contributed by atoms with van der Waals surface area (Å²) < 4.78 is 2.06. The van der Waals surface area contributed by atoms with Crippen molar-refractivity contribution in [1.29, 1.82) is 0 Å². The van der Waals surface area contributed by atoms with Gasteiger partial charge in [0.2, 0.25) is 0 Å². The largest absolute Gasteiger partial charge is 0.478 e. The van der Waals surface area contributed by atoms with Crippen LogP contribution in [0.4, 0.5) is 0 Å². The molecule has 96 valence electrons. The number of benzene rings is 1. The van der Waals surface area contributed by atoms with Crippen LogP contribution in [-0.4, -0.2) is 20.6 Å². The van der Waals surface area contributed by atoms with Crippen LogP contribution in [0.25, 0.3) is 11.0 Å². The van der Waals surface area contributed by atoms with Crippen molar-refractivity contribution in [2.24, 2.45) is 0 Å². The Bertz CT molecular complexity index is 572. The highest BCUT2D eigenvalue weighted by Gasteiger charge is 2.16. The van der Waals surface area contributed by atoms with E-state index in [9.17, 15) is 9.90 Å². The Hall–Kier alpha value is -1.84. The Morgan fingerprint density at radius 1 is 1.33 bits per heavy atom. The lowest BCUT2D eigenvalue weighted by molar-refractivity contribution is 0.0698. The van der Waals surface area contributed by atoms with Crippen LogP contribution in [0.3, 0.4) is 0 Å². The maximum atomic E-state index is 11.3. The lowest BCUT2D eigenvalue weighted by atomic mass is 10.2. The standard InChI is InChI=1S/C14H18N2O2/c1-3-6-12-15-11-8-5-7-10(14(17)18)13(11)16(12)9-4-2/h5,7-8H,3-4,6,9H2,1-2H3,(H,17,18). The zero-order chi connectivity index (χ0) is 13.1. The van der Waals surface area contributed by atoms with E-state index < -0.39 is 5.97 Å². The van der Waals surface area contributed by atoms with Gasteiger partial charge in [0, 0.05) is 13.0 Å². The van der Waals surface area contributed by atoms with Crippen LogP contribution >= 0.6 is 0 Å². The van der Waals surface area contributed by atoms with Crippen LogP contribution in [0.1, 0.15) is 42.9 Å². The molecule has 0 saturated heterocycles. The average molecular weight is 246 g/mol. The minimum absolute atomic E-state index is 0.343. The first-order valence-electron chi connectivity index (χ1n) is 6.40. The first kappa shape index (κ1) is 12.6. The maximum Gasteiger partial charge on any atom is 0.337 e. The van der Waals surface area contributed by atoms with Crippen LogP contribution in [0, 0.1) is 0 Å². The predicted octanol–water partition coefficient (Wildman–Crippen LogP) is 3.10. The van der Waals surface area contributed by atoms with E-state index in [-0.39, 0.29) is 0 Å². The summed E-state index contributed by atoms with van der Waals surface area (Å²) in [6.45, 7) is 5.01. The number of aromatic nitrogens is 2. The summed E-state index contributed by atoms with van der Waals surface area (Å²) in [5.41, 5.74) is 1.89. The van der Waals surface area contributed by atoms with Gasteiger partial charge in [0.25, 0.3) is 0 Å². The van der Waals surface area contributed by atoms with Crippen molar-refractivity contribution < 1.29 is 9.90 Å². The summed E-state index contributed by atoms with van der Waals surface area (Å²) >= 11 is 0. The summed E-state index contributed by atoms with van der Waals surface area (Å²) in [4.78, 5) is 15.9. The van der Waals surface area contributed by atoms with E-state index in [2.05, 4.69) is 23.4 Å². The average Bonchev–Trinajstić information content (AvgIpc) is 2.68. The second kappa shape index (κ2) is 5.21. The first-order chi connectivity index (χ1) is 8.69. The molecule has 0 saturated carbocycles. The summed E-state index contributed by atoms with van der Waals surface area (Å²) in [6.07, 6.45) is 2.86. The number of hydrogen-bond acceptors (Lipinski definition) is 2. The molecule has 1 heterocycles. The Balaban J connectivity index is 2.70. The molecule has 1 N–H and O–H groups in total. The number of imidazole rings is 1. The molecule has 2 aromatic rings. The molecular formula is C14H18N2O2. The van der Waals surface area contributed by atoms with E-state index in [1.165, 1.54) is 0 Å². The van der Waals surface area contributed by atoms with Gasteiger partial charge in [-0.1, -0.05) is 19.9 Å². The number of fused-ring (bicyclic) bond motifs is 1. The first-order valence-corrected chi connectivity index (χ1v) is 6.40. The Morgan fingerprint density at radius 3 is 2.72 bits per heavy atom. The third kappa shape index (κ3) is 2.10. The van der Waals surface area contributed by atoms with E-state index in [1.807, 2.05) is 6.07 Å². The summed E-state index contributed by atoms with van der Waals surface area (Å²) in [6, 6.07) is 5.28. The number of aromatic carboxylic acids is 1. The van der Waals surface area contributed by atoms with Crippen LogP contribution in [-0.2, 0) is 13.0 Å². The lowest BCUT2D eigenvalue weighted by Gasteiger charge is -2.08. The number of carboxylic acids is 1. The van der Waals surface area contributed by atoms with Crippen molar-refractivity contribution >= 4 is 17.0 Å². The molecule has 0 fully saturated rings. The fraction of sp³-hybridized carbons (Fsp3) is 0.429. The summed E-state index contributed by atoms with van der Waals surface area (Å²) in [5, 5.41) is 9.27. The number of carboxylic acid groups (broad SMARTS) is 1. The third-order valence-electron chi connectivity index (χ3n) is 3.00. The molecule has 0 aliphatic heterocycles. The second-order valence-corrected chi connectivity index (χ2v) is 4.41. The Labute approximate surface area is 106 Å². The van der Waals surface area contributed by atoms with Gasteiger partial charge in [-0.2, -0.15) is 0 Å². The number of carbonyl (C=O) groups is 1. The second-order valence-electron chi connectivity index (χ2n) is 4.41. The van der Waals surface area contributed by atoms with Crippen molar-refractivity contribution in [2.75, 3.05) is 0 Å². The number of rotatable bonds is 5. The van der Waals surface area contributed by atoms with Crippen molar-refractivity contribution in [2.45, 2.75) is 39.7 Å². The summed E-state index contributed by atoms with van der Waals surface area (Å²) in [5.74, 6) is 0.101. The molecule has 18 heavy (non-hydrogen) atoms. The molecule has 2 rings (SSSR count). The highest BCUT2D eigenvalue weighted by Crippen LogP contribution is 2.22. The van der Waals surface area contributed by atoms with E-state index in [4.69, 9.17) is 0 Å². The fourth-order valence-corrected chi connectivity index (χ4v) is 2.29. The quantitative estimate of drug-likeness (QED) is 0.882. The molecule has 0 unspecified atom stereocenters. The minimum atomic E-state index is -0.888. The molecule has 4 heteroatoms. The van der Waals surface area contributed by atoms with Crippen molar-refractivity contribution in [3.05, 3.63) is 29.6 Å². The monoisotopic (exact) mass is 246 g/mol. The molecule has 1 aromatic carbocycles. The van der Waals surface area contributed by atoms with E-state index in [1.54, 1.807) is 12.1 Å². The van der Waals surface area contributed by atoms with E-state index in [0.29, 0.717) is 5.56 Å². The van der Waals surface area contributed by atoms with Crippen LogP contribution in [0.2, 0.25) is 0 Å². The third-order valence-corrected chi connectivity index (χ3v) is 3.00. The van der Waals surface area contributed by atoms with Crippen molar-refractivity contribution in [1.82, 2.24) is 9.55 Å². The van der Waals surface area contributed by atoms with E-state index >= 15 is 0 Å². The highest BCUT2D eigenvalue weighted by atomic mass is 16.4. The van der Waals surface area contributed by atoms with Gasteiger partial charge < -0.3 is 9.67 Å². The number of hydrogen-bond donors (Lipinski definition) is 1. The number of para-hydroxylation sites is 1. The molecule has 4 nitrogen and oxygen atoms in total. The van der Waals surface area contributed by atoms with Gasteiger partial charge >= 0.3 is 5.97 Å². The molecule has 0 bridgehead atoms. The Morgan fingerprint density at radius 2 is 2.11 bits per heavy atom. The molecule has 0 spiro atoms.